The molecule has 144 valence electrons. The third-order valence-corrected chi connectivity index (χ3v) is 5.25. The van der Waals surface area contributed by atoms with Crippen molar-refractivity contribution in [2.45, 2.75) is 25.4 Å². The molecule has 4 heterocycles. The lowest BCUT2D eigenvalue weighted by atomic mass is 10.0. The van der Waals surface area contributed by atoms with E-state index in [-0.39, 0.29) is 18.2 Å². The van der Waals surface area contributed by atoms with Crippen molar-refractivity contribution in [2.75, 3.05) is 0 Å². The number of carbonyl (C=O) groups is 3. The number of nitrogens with zero attached hydrogens (tertiary/aromatic N) is 5. The van der Waals surface area contributed by atoms with E-state index in [4.69, 9.17) is 0 Å². The molecule has 29 heavy (non-hydrogen) atoms. The molecule has 1 aromatic carbocycles. The first-order chi connectivity index (χ1) is 14.1. The van der Waals surface area contributed by atoms with Gasteiger partial charge in [-0.15, -0.1) is 5.10 Å². The number of aromatic nitrogens is 4. The lowest BCUT2D eigenvalue weighted by Crippen LogP contribution is -2.52. The molecule has 0 aliphatic carbocycles. The first-order valence-corrected chi connectivity index (χ1v) is 9.21. The monoisotopic (exact) mass is 388 g/mol. The van der Waals surface area contributed by atoms with Crippen LogP contribution in [0.5, 0.6) is 0 Å². The minimum absolute atomic E-state index is 0.217. The van der Waals surface area contributed by atoms with E-state index in [9.17, 15) is 14.4 Å². The van der Waals surface area contributed by atoms with Crippen molar-refractivity contribution in [3.63, 3.8) is 0 Å². The summed E-state index contributed by atoms with van der Waals surface area (Å²) >= 11 is 0. The Hall–Kier alpha value is -3.88. The van der Waals surface area contributed by atoms with E-state index >= 15 is 0 Å². The van der Waals surface area contributed by atoms with Crippen molar-refractivity contribution >= 4 is 17.7 Å². The molecular formula is C20H16N6O3. The molecule has 0 bridgehead atoms. The minimum Gasteiger partial charge on any atom is -0.322 e. The number of hydrogen-bond donors (Lipinski definition) is 1. The highest BCUT2D eigenvalue weighted by Gasteiger charge is 2.39. The smallest absolute Gasteiger partial charge is 0.255 e. The van der Waals surface area contributed by atoms with Crippen LogP contribution in [0.3, 0.4) is 0 Å². The first-order valence-electron chi connectivity index (χ1n) is 9.21. The summed E-state index contributed by atoms with van der Waals surface area (Å²) in [5, 5.41) is 10.7. The molecule has 5 rings (SSSR count). The summed E-state index contributed by atoms with van der Waals surface area (Å²) < 4.78 is 1.61. The van der Waals surface area contributed by atoms with Gasteiger partial charge in [0, 0.05) is 36.5 Å². The third-order valence-electron chi connectivity index (χ3n) is 5.25. The Morgan fingerprint density at radius 3 is 2.69 bits per heavy atom. The van der Waals surface area contributed by atoms with Gasteiger partial charge >= 0.3 is 0 Å². The summed E-state index contributed by atoms with van der Waals surface area (Å²) in [5.41, 5.74) is 3.68. The van der Waals surface area contributed by atoms with Crippen molar-refractivity contribution in [3.05, 3.63) is 60.0 Å². The zero-order valence-electron chi connectivity index (χ0n) is 15.3. The molecule has 0 saturated carbocycles. The fourth-order valence-electron chi connectivity index (χ4n) is 3.73. The summed E-state index contributed by atoms with van der Waals surface area (Å²) in [6, 6.07) is 8.55. The van der Waals surface area contributed by atoms with E-state index in [1.165, 1.54) is 4.90 Å². The zero-order chi connectivity index (χ0) is 20.0. The van der Waals surface area contributed by atoms with Gasteiger partial charge in [0.2, 0.25) is 11.8 Å². The average molecular weight is 388 g/mol. The van der Waals surface area contributed by atoms with E-state index in [1.807, 2.05) is 24.3 Å². The maximum atomic E-state index is 12.9. The summed E-state index contributed by atoms with van der Waals surface area (Å²) in [6.45, 7) is 0.348. The molecule has 3 aromatic rings. The Kier molecular flexibility index (Phi) is 3.94. The highest BCUT2D eigenvalue weighted by atomic mass is 16.2. The molecule has 1 unspecified atom stereocenters. The van der Waals surface area contributed by atoms with Crippen molar-refractivity contribution in [1.29, 1.82) is 0 Å². The van der Waals surface area contributed by atoms with Crippen molar-refractivity contribution in [2.24, 2.45) is 0 Å². The molecule has 3 amide bonds. The van der Waals surface area contributed by atoms with Crippen molar-refractivity contribution in [3.8, 4) is 16.9 Å². The fraction of sp³-hybridized carbons (Fsp3) is 0.200. The molecule has 9 heteroatoms. The van der Waals surface area contributed by atoms with Gasteiger partial charge in [0.15, 0.2) is 0 Å². The van der Waals surface area contributed by atoms with Crippen LogP contribution in [0.15, 0.2) is 48.9 Å². The quantitative estimate of drug-likeness (QED) is 0.673. The molecule has 2 aromatic heterocycles. The number of hydrogen-bond acceptors (Lipinski definition) is 6. The fourth-order valence-corrected chi connectivity index (χ4v) is 3.73. The van der Waals surface area contributed by atoms with E-state index in [0.717, 1.165) is 11.1 Å². The molecule has 1 fully saturated rings. The predicted molar refractivity (Wildman–Crippen MR) is 101 cm³/mol. The number of rotatable bonds is 3. The molecule has 2 aliphatic rings. The SMILES string of the molecule is O=C1CCC(N2Cc3ccc(-n4cc(-c5ccncc5)nn4)cc3C2=O)C(=O)N1. The second-order valence-electron chi connectivity index (χ2n) is 7.03. The van der Waals surface area contributed by atoms with Crippen LogP contribution in [0.25, 0.3) is 16.9 Å². The highest BCUT2D eigenvalue weighted by molar-refractivity contribution is 6.05. The Morgan fingerprint density at radius 2 is 1.90 bits per heavy atom. The lowest BCUT2D eigenvalue weighted by Gasteiger charge is -2.29. The standard InChI is InChI=1S/C20H16N6O3/c27-18-4-3-17(19(28)22-18)25-10-13-1-2-14(9-15(13)20(25)29)26-11-16(23-24-26)12-5-7-21-8-6-12/h1-2,5-9,11,17H,3-4,10H2,(H,22,27,28). The van der Waals surface area contributed by atoms with E-state index in [1.54, 1.807) is 29.3 Å². The third kappa shape index (κ3) is 2.96. The van der Waals surface area contributed by atoms with Crippen LogP contribution < -0.4 is 5.32 Å². The van der Waals surface area contributed by atoms with Crippen LogP contribution in [-0.2, 0) is 16.1 Å². The van der Waals surface area contributed by atoms with Crippen LogP contribution in [0.1, 0.15) is 28.8 Å². The number of piperidine rings is 1. The molecule has 9 nitrogen and oxygen atoms in total. The molecular weight excluding hydrogens is 372 g/mol. The summed E-state index contributed by atoms with van der Waals surface area (Å²) in [7, 11) is 0. The van der Waals surface area contributed by atoms with E-state index in [2.05, 4.69) is 20.6 Å². The molecule has 1 saturated heterocycles. The van der Waals surface area contributed by atoms with Gasteiger partial charge in [-0.25, -0.2) is 4.68 Å². The van der Waals surface area contributed by atoms with Gasteiger partial charge in [0.05, 0.1) is 11.9 Å². The Labute approximate surface area is 165 Å². The summed E-state index contributed by atoms with van der Waals surface area (Å²) in [5.74, 6) is -0.930. The number of nitrogens with one attached hydrogen (secondary N) is 1. The van der Waals surface area contributed by atoms with Crippen molar-refractivity contribution in [1.82, 2.24) is 30.2 Å². The van der Waals surface area contributed by atoms with Gasteiger partial charge in [-0.3, -0.25) is 24.7 Å². The Balaban J connectivity index is 1.42. The molecule has 0 spiro atoms. The lowest BCUT2D eigenvalue weighted by molar-refractivity contribution is -0.136. The normalized spacial score (nSPS) is 18.7. The van der Waals surface area contributed by atoms with Gasteiger partial charge in [0.25, 0.3) is 5.91 Å². The first kappa shape index (κ1) is 17.2. The summed E-state index contributed by atoms with van der Waals surface area (Å²) in [6.07, 6.45) is 5.74. The van der Waals surface area contributed by atoms with Crippen LogP contribution >= 0.6 is 0 Å². The number of pyridine rings is 1. The molecule has 1 N–H and O–H groups in total. The van der Waals surface area contributed by atoms with E-state index < -0.39 is 11.9 Å². The number of fused-ring (bicyclic) bond motifs is 1. The maximum Gasteiger partial charge on any atom is 0.255 e. The van der Waals surface area contributed by atoms with Gasteiger partial charge < -0.3 is 4.90 Å². The van der Waals surface area contributed by atoms with Gasteiger partial charge in [0.1, 0.15) is 11.7 Å². The second-order valence-corrected chi connectivity index (χ2v) is 7.03. The van der Waals surface area contributed by atoms with Crippen LogP contribution in [0.2, 0.25) is 0 Å². The van der Waals surface area contributed by atoms with Crippen molar-refractivity contribution < 1.29 is 14.4 Å². The predicted octanol–water partition coefficient (Wildman–Crippen LogP) is 1.09. The minimum atomic E-state index is -0.624. The Morgan fingerprint density at radius 1 is 1.07 bits per heavy atom. The van der Waals surface area contributed by atoms with Gasteiger partial charge in [-0.1, -0.05) is 11.3 Å². The van der Waals surface area contributed by atoms with Crippen LogP contribution in [0, 0.1) is 0 Å². The molecule has 2 aliphatic heterocycles. The maximum absolute atomic E-state index is 12.9. The van der Waals surface area contributed by atoms with Crippen LogP contribution in [0.4, 0.5) is 0 Å². The highest BCUT2D eigenvalue weighted by Crippen LogP contribution is 2.29. The number of imide groups is 1. The molecule has 0 radical (unpaired) electrons. The topological polar surface area (TPSA) is 110 Å². The summed E-state index contributed by atoms with van der Waals surface area (Å²) in [4.78, 5) is 42.0. The van der Waals surface area contributed by atoms with Gasteiger partial charge in [-0.05, 0) is 36.2 Å². The zero-order valence-corrected chi connectivity index (χ0v) is 15.3. The number of carbonyl (C=O) groups excluding carboxylic acids is 3. The average Bonchev–Trinajstić information content (AvgIpc) is 3.34. The second kappa shape index (κ2) is 6.62. The van der Waals surface area contributed by atoms with Crippen LogP contribution in [-0.4, -0.2) is 48.6 Å². The van der Waals surface area contributed by atoms with Gasteiger partial charge in [-0.2, -0.15) is 0 Å². The number of benzene rings is 1. The molecule has 1 atom stereocenters. The van der Waals surface area contributed by atoms with E-state index in [0.29, 0.717) is 29.9 Å². The largest absolute Gasteiger partial charge is 0.322 e. The number of amides is 3. The Bertz CT molecular complexity index is 1140.